The van der Waals surface area contributed by atoms with E-state index in [1.165, 1.54) is 29.1 Å². The first-order valence-electron chi connectivity index (χ1n) is 8.18. The summed E-state index contributed by atoms with van der Waals surface area (Å²) in [6.07, 6.45) is -4.22. The number of aryl methyl sites for hydroxylation is 3. The molecule has 0 unspecified atom stereocenters. The summed E-state index contributed by atoms with van der Waals surface area (Å²) in [6.45, 7) is 5.51. The van der Waals surface area contributed by atoms with Gasteiger partial charge in [0, 0.05) is 9.50 Å². The van der Waals surface area contributed by atoms with E-state index in [1.807, 2.05) is 49.4 Å². The average Bonchev–Trinajstić information content (AvgIpc) is 2.61. The molecule has 0 spiro atoms. The van der Waals surface area contributed by atoms with E-state index in [9.17, 15) is 13.2 Å². The molecule has 5 heteroatoms. The van der Waals surface area contributed by atoms with Crippen molar-refractivity contribution in [3.05, 3.63) is 105 Å². The predicted octanol–water partition coefficient (Wildman–Crippen LogP) is 8.42. The van der Waals surface area contributed by atoms with Crippen LogP contribution in [0, 0.1) is 20.8 Å². The van der Waals surface area contributed by atoms with Gasteiger partial charge in [0.05, 0.1) is 5.56 Å². The second kappa shape index (κ2) is 11.2. The van der Waals surface area contributed by atoms with E-state index in [4.69, 9.17) is 11.6 Å². The number of alkyl halides is 3. The predicted molar refractivity (Wildman–Crippen MR) is 111 cm³/mol. The topological polar surface area (TPSA) is 0 Å². The third kappa shape index (κ3) is 8.63. The van der Waals surface area contributed by atoms with Crippen LogP contribution in [0.25, 0.3) is 0 Å². The molecule has 0 amide bonds. The Labute approximate surface area is 172 Å². The van der Waals surface area contributed by atoms with Crippen molar-refractivity contribution in [2.75, 3.05) is 0 Å². The summed E-state index contributed by atoms with van der Waals surface area (Å²) in [5, 5.41) is 0.840. The molecule has 0 aliphatic heterocycles. The van der Waals surface area contributed by atoms with Crippen LogP contribution in [0.4, 0.5) is 13.2 Å². The Morgan fingerprint density at radius 1 is 0.667 bits per heavy atom. The second-order valence-electron chi connectivity index (χ2n) is 5.81. The van der Waals surface area contributed by atoms with Crippen molar-refractivity contribution < 1.29 is 13.2 Å². The van der Waals surface area contributed by atoms with Crippen LogP contribution in [0.1, 0.15) is 22.3 Å². The standard InChI is InChI=1S/C8H7F3.C7H7Br.C7H7Cl/c1-6-4-2-3-5-7(6)8(9,10)11;2*1-6-4-2-3-5-7(6)8/h2-5H,1H3;2*2-5H,1H3. The molecule has 27 heavy (non-hydrogen) atoms. The summed E-state index contributed by atoms with van der Waals surface area (Å²) in [6, 6.07) is 21.4. The van der Waals surface area contributed by atoms with Crippen molar-refractivity contribution >= 4 is 27.5 Å². The van der Waals surface area contributed by atoms with Crippen LogP contribution in [0.2, 0.25) is 5.02 Å². The maximum Gasteiger partial charge on any atom is 0.416 e. The van der Waals surface area contributed by atoms with E-state index in [0.717, 1.165) is 16.7 Å². The van der Waals surface area contributed by atoms with Crippen LogP contribution >= 0.6 is 27.5 Å². The number of hydrogen-bond donors (Lipinski definition) is 0. The minimum Gasteiger partial charge on any atom is -0.166 e. The molecule has 0 bridgehead atoms. The van der Waals surface area contributed by atoms with E-state index in [0.29, 0.717) is 0 Å². The van der Waals surface area contributed by atoms with Gasteiger partial charge in [0.2, 0.25) is 0 Å². The quantitative estimate of drug-likeness (QED) is 0.318. The summed E-state index contributed by atoms with van der Waals surface area (Å²) in [7, 11) is 0. The van der Waals surface area contributed by atoms with E-state index < -0.39 is 11.7 Å². The summed E-state index contributed by atoms with van der Waals surface area (Å²) >= 11 is 9.10. The molecular weight excluding hydrogens is 437 g/mol. The molecule has 0 heterocycles. The highest BCUT2D eigenvalue weighted by molar-refractivity contribution is 9.10. The van der Waals surface area contributed by atoms with Crippen LogP contribution in [0.15, 0.2) is 77.3 Å². The first-order chi connectivity index (χ1) is 12.6. The van der Waals surface area contributed by atoms with Crippen molar-refractivity contribution in [1.82, 2.24) is 0 Å². The smallest absolute Gasteiger partial charge is 0.166 e. The van der Waals surface area contributed by atoms with Gasteiger partial charge in [-0.3, -0.25) is 0 Å². The molecule has 0 saturated carbocycles. The largest absolute Gasteiger partial charge is 0.416 e. The molecule has 3 aromatic carbocycles. The molecule has 3 rings (SSSR count). The van der Waals surface area contributed by atoms with Gasteiger partial charge >= 0.3 is 6.18 Å². The first-order valence-corrected chi connectivity index (χ1v) is 9.35. The molecule has 0 aliphatic carbocycles. The van der Waals surface area contributed by atoms with E-state index in [1.54, 1.807) is 6.07 Å². The Kier molecular flexibility index (Phi) is 9.61. The molecule has 0 saturated heterocycles. The average molecular weight is 458 g/mol. The molecule has 0 nitrogen and oxygen atoms in total. The summed E-state index contributed by atoms with van der Waals surface area (Å²) in [4.78, 5) is 0. The Hall–Kier alpha value is -1.78. The fourth-order valence-corrected chi connectivity index (χ4v) is 2.41. The third-order valence-corrected chi connectivity index (χ3v) is 4.92. The Morgan fingerprint density at radius 3 is 1.41 bits per heavy atom. The molecule has 0 N–H and O–H groups in total. The molecule has 0 atom stereocenters. The number of benzene rings is 3. The lowest BCUT2D eigenvalue weighted by molar-refractivity contribution is -0.138. The highest BCUT2D eigenvalue weighted by Crippen LogP contribution is 2.31. The van der Waals surface area contributed by atoms with Crippen LogP contribution in [0.3, 0.4) is 0 Å². The number of halogens is 5. The fraction of sp³-hybridized carbons (Fsp3) is 0.182. The van der Waals surface area contributed by atoms with Crippen molar-refractivity contribution in [2.24, 2.45) is 0 Å². The van der Waals surface area contributed by atoms with E-state index in [-0.39, 0.29) is 5.56 Å². The fourth-order valence-electron chi connectivity index (χ4n) is 1.99. The van der Waals surface area contributed by atoms with Crippen LogP contribution < -0.4 is 0 Å². The number of rotatable bonds is 0. The zero-order valence-corrected chi connectivity index (χ0v) is 17.7. The van der Waals surface area contributed by atoms with Crippen LogP contribution in [-0.4, -0.2) is 0 Å². The van der Waals surface area contributed by atoms with Gasteiger partial charge < -0.3 is 0 Å². The summed E-state index contributed by atoms with van der Waals surface area (Å²) in [5.41, 5.74) is 2.13. The van der Waals surface area contributed by atoms with Crippen LogP contribution in [-0.2, 0) is 6.18 Å². The van der Waals surface area contributed by atoms with E-state index in [2.05, 4.69) is 28.9 Å². The zero-order chi connectivity index (χ0) is 20.4. The first kappa shape index (κ1) is 23.3. The molecular formula is C22H21BrClF3. The van der Waals surface area contributed by atoms with Crippen molar-refractivity contribution in [3.8, 4) is 0 Å². The van der Waals surface area contributed by atoms with Gasteiger partial charge in [-0.15, -0.1) is 0 Å². The highest BCUT2D eigenvalue weighted by Gasteiger charge is 2.31. The SMILES string of the molecule is Cc1ccccc1Br.Cc1ccccc1C(F)(F)F.Cc1ccccc1Cl. The lowest BCUT2D eigenvalue weighted by atomic mass is 10.1. The summed E-state index contributed by atoms with van der Waals surface area (Å²) < 4.78 is 37.3. The molecule has 0 aliphatic rings. The normalized spacial score (nSPS) is 10.2. The van der Waals surface area contributed by atoms with Crippen LogP contribution in [0.5, 0.6) is 0 Å². The Morgan fingerprint density at radius 2 is 1.11 bits per heavy atom. The molecule has 3 aromatic rings. The Bertz CT molecular complexity index is 759. The summed E-state index contributed by atoms with van der Waals surface area (Å²) in [5.74, 6) is 0. The van der Waals surface area contributed by atoms with Gasteiger partial charge in [0.1, 0.15) is 0 Å². The van der Waals surface area contributed by atoms with Crippen molar-refractivity contribution in [3.63, 3.8) is 0 Å². The van der Waals surface area contributed by atoms with Gasteiger partial charge in [-0.25, -0.2) is 0 Å². The maximum atomic E-state index is 12.0. The van der Waals surface area contributed by atoms with Gasteiger partial charge in [0.15, 0.2) is 0 Å². The lowest BCUT2D eigenvalue weighted by Gasteiger charge is -2.08. The maximum absolute atomic E-state index is 12.0. The van der Waals surface area contributed by atoms with E-state index >= 15 is 0 Å². The van der Waals surface area contributed by atoms with Gasteiger partial charge in [0.25, 0.3) is 0 Å². The molecule has 0 fully saturated rings. The second-order valence-corrected chi connectivity index (χ2v) is 7.07. The Balaban J connectivity index is 0.000000206. The molecule has 0 aromatic heterocycles. The zero-order valence-electron chi connectivity index (χ0n) is 15.3. The third-order valence-electron chi connectivity index (χ3n) is 3.60. The van der Waals surface area contributed by atoms with Crippen molar-refractivity contribution in [1.29, 1.82) is 0 Å². The van der Waals surface area contributed by atoms with Gasteiger partial charge in [-0.1, -0.05) is 82.1 Å². The highest BCUT2D eigenvalue weighted by atomic mass is 79.9. The van der Waals surface area contributed by atoms with Crippen molar-refractivity contribution in [2.45, 2.75) is 26.9 Å². The monoisotopic (exact) mass is 456 g/mol. The minimum absolute atomic E-state index is 0.264. The minimum atomic E-state index is -4.22. The van der Waals surface area contributed by atoms with Gasteiger partial charge in [-0.05, 0) is 55.7 Å². The van der Waals surface area contributed by atoms with Gasteiger partial charge in [-0.2, -0.15) is 13.2 Å². The molecule has 144 valence electrons. The number of hydrogen-bond acceptors (Lipinski definition) is 0. The molecule has 0 radical (unpaired) electrons. The lowest BCUT2D eigenvalue weighted by Crippen LogP contribution is -2.06.